The summed E-state index contributed by atoms with van der Waals surface area (Å²) in [5, 5.41) is 0. The second-order valence-corrected chi connectivity index (χ2v) is 7.61. The molecule has 1 heterocycles. The van der Waals surface area contributed by atoms with E-state index in [1.54, 1.807) is 20.8 Å². The molecular formula is C11H21NO5S. The van der Waals surface area contributed by atoms with Crippen LogP contribution in [0.2, 0.25) is 0 Å². The first-order chi connectivity index (χ1) is 8.18. The van der Waals surface area contributed by atoms with Crippen LogP contribution in [-0.2, 0) is 19.3 Å². The molecule has 18 heavy (non-hydrogen) atoms. The minimum atomic E-state index is -2.86. The Bertz CT molecular complexity index is 371. The van der Waals surface area contributed by atoms with E-state index in [1.165, 1.54) is 0 Å². The normalized spacial score (nSPS) is 20.4. The third-order valence-corrected chi connectivity index (χ3v) is 4.06. The van der Waals surface area contributed by atoms with E-state index in [2.05, 4.69) is 0 Å². The average molecular weight is 279 g/mol. The summed E-state index contributed by atoms with van der Waals surface area (Å²) < 4.78 is 32.3. The molecule has 7 heteroatoms. The van der Waals surface area contributed by atoms with Gasteiger partial charge in [0.15, 0.2) is 9.84 Å². The van der Waals surface area contributed by atoms with Crippen molar-refractivity contribution >= 4 is 16.0 Å². The fourth-order valence-corrected chi connectivity index (χ4v) is 2.79. The lowest BCUT2D eigenvalue weighted by atomic mass is 10.2. The van der Waals surface area contributed by atoms with Crippen molar-refractivity contribution in [3.8, 4) is 0 Å². The van der Waals surface area contributed by atoms with Gasteiger partial charge in [-0.15, -0.1) is 0 Å². The molecule has 0 bridgehead atoms. The molecule has 0 amide bonds. The minimum Gasteiger partial charge on any atom is -0.433 e. The van der Waals surface area contributed by atoms with Crippen molar-refractivity contribution in [3.05, 3.63) is 0 Å². The van der Waals surface area contributed by atoms with Crippen LogP contribution in [-0.4, -0.2) is 62.8 Å². The molecule has 0 aromatic heterocycles. The van der Waals surface area contributed by atoms with Gasteiger partial charge in [0.1, 0.15) is 12.2 Å². The highest BCUT2D eigenvalue weighted by molar-refractivity contribution is 7.91. The van der Waals surface area contributed by atoms with Crippen LogP contribution in [0, 0.1) is 0 Å². The first-order valence-corrected chi connectivity index (χ1v) is 7.79. The van der Waals surface area contributed by atoms with Gasteiger partial charge in [-0.2, -0.15) is 0 Å². The lowest BCUT2D eigenvalue weighted by molar-refractivity contribution is -0.00999. The molecule has 6 nitrogen and oxygen atoms in total. The predicted molar refractivity (Wildman–Crippen MR) is 67.3 cm³/mol. The van der Waals surface area contributed by atoms with E-state index in [4.69, 9.17) is 9.47 Å². The monoisotopic (exact) mass is 279 g/mol. The van der Waals surface area contributed by atoms with Gasteiger partial charge in [-0.25, -0.2) is 13.2 Å². The summed E-state index contributed by atoms with van der Waals surface area (Å²) in [6, 6.07) is 0. The van der Waals surface area contributed by atoms with Gasteiger partial charge in [0, 0.05) is 19.6 Å². The summed E-state index contributed by atoms with van der Waals surface area (Å²) >= 11 is 0. The van der Waals surface area contributed by atoms with Crippen LogP contribution in [0.5, 0.6) is 0 Å². The molecule has 1 rings (SSSR count). The quantitative estimate of drug-likeness (QED) is 0.707. The Morgan fingerprint density at radius 3 is 2.28 bits per heavy atom. The highest BCUT2D eigenvalue weighted by Crippen LogP contribution is 2.08. The van der Waals surface area contributed by atoms with Gasteiger partial charge in [0.2, 0.25) is 0 Å². The van der Waals surface area contributed by atoms with Crippen molar-refractivity contribution < 1.29 is 22.7 Å². The molecule has 0 unspecified atom stereocenters. The maximum atomic E-state index is 11.2. The van der Waals surface area contributed by atoms with Gasteiger partial charge in [-0.1, -0.05) is 0 Å². The molecule has 1 fully saturated rings. The summed E-state index contributed by atoms with van der Waals surface area (Å²) in [6.07, 6.45) is -0.688. The molecule has 1 aliphatic heterocycles. The Balaban J connectivity index is 2.17. The minimum absolute atomic E-state index is 0.180. The van der Waals surface area contributed by atoms with Gasteiger partial charge >= 0.3 is 6.16 Å². The number of carbonyl (C=O) groups excluding carboxylic acids is 1. The highest BCUT2D eigenvalue weighted by Gasteiger charge is 2.22. The second kappa shape index (κ2) is 5.88. The average Bonchev–Trinajstić information content (AvgIpc) is 2.18. The molecule has 0 saturated carbocycles. The van der Waals surface area contributed by atoms with Crippen molar-refractivity contribution in [2.75, 3.05) is 37.7 Å². The van der Waals surface area contributed by atoms with Crippen LogP contribution in [0.25, 0.3) is 0 Å². The van der Waals surface area contributed by atoms with E-state index >= 15 is 0 Å². The first kappa shape index (κ1) is 15.2. The molecular weight excluding hydrogens is 258 g/mol. The van der Waals surface area contributed by atoms with E-state index in [0.29, 0.717) is 19.6 Å². The van der Waals surface area contributed by atoms with Gasteiger partial charge in [-0.05, 0) is 20.8 Å². The predicted octanol–water partition coefficient (Wildman–Crippen LogP) is 0.669. The number of sulfone groups is 1. The summed E-state index contributed by atoms with van der Waals surface area (Å²) in [5.74, 6) is 0.360. The van der Waals surface area contributed by atoms with Crippen molar-refractivity contribution in [1.82, 2.24) is 4.90 Å². The van der Waals surface area contributed by atoms with E-state index < -0.39 is 21.6 Å². The molecule has 0 spiro atoms. The summed E-state index contributed by atoms with van der Waals surface area (Å²) in [5.41, 5.74) is -0.559. The first-order valence-electron chi connectivity index (χ1n) is 5.96. The van der Waals surface area contributed by atoms with Crippen LogP contribution < -0.4 is 0 Å². The fraction of sp³-hybridized carbons (Fsp3) is 0.909. The lowest BCUT2D eigenvalue weighted by Crippen LogP contribution is -2.42. The highest BCUT2D eigenvalue weighted by atomic mass is 32.2. The Labute approximate surface area is 108 Å². The van der Waals surface area contributed by atoms with Crippen molar-refractivity contribution in [1.29, 1.82) is 0 Å². The SMILES string of the molecule is CC(C)(C)OC(=O)OCCN1CCS(=O)(=O)CC1. The zero-order valence-electron chi connectivity index (χ0n) is 11.1. The molecule has 1 aliphatic rings. The zero-order chi connectivity index (χ0) is 13.8. The van der Waals surface area contributed by atoms with Gasteiger partial charge < -0.3 is 9.47 Å². The molecule has 0 N–H and O–H groups in total. The Hall–Kier alpha value is -0.820. The topological polar surface area (TPSA) is 72.9 Å². The van der Waals surface area contributed by atoms with Gasteiger partial charge in [0.05, 0.1) is 11.5 Å². The van der Waals surface area contributed by atoms with Crippen LogP contribution in [0.1, 0.15) is 20.8 Å². The van der Waals surface area contributed by atoms with Crippen LogP contribution in [0.3, 0.4) is 0 Å². The van der Waals surface area contributed by atoms with Crippen LogP contribution in [0.4, 0.5) is 4.79 Å². The Kier molecular flexibility index (Phi) is 4.98. The summed E-state index contributed by atoms with van der Waals surface area (Å²) in [4.78, 5) is 13.2. The zero-order valence-corrected chi connectivity index (χ0v) is 12.0. The van der Waals surface area contributed by atoms with Crippen LogP contribution >= 0.6 is 0 Å². The van der Waals surface area contributed by atoms with E-state index in [1.807, 2.05) is 4.90 Å². The standard InChI is InChI=1S/C11H21NO5S/c1-11(2,3)17-10(13)16-7-4-12-5-8-18(14,15)9-6-12/h4-9H2,1-3H3. The molecule has 0 aromatic rings. The van der Waals surface area contributed by atoms with E-state index in [-0.39, 0.29) is 18.1 Å². The summed E-state index contributed by atoms with van der Waals surface area (Å²) in [7, 11) is -2.86. The Morgan fingerprint density at radius 2 is 1.78 bits per heavy atom. The number of nitrogens with zero attached hydrogens (tertiary/aromatic N) is 1. The number of ether oxygens (including phenoxy) is 2. The maximum Gasteiger partial charge on any atom is 0.508 e. The molecule has 106 valence electrons. The maximum absolute atomic E-state index is 11.2. The van der Waals surface area contributed by atoms with Crippen molar-refractivity contribution in [2.45, 2.75) is 26.4 Å². The van der Waals surface area contributed by atoms with Crippen molar-refractivity contribution in [2.24, 2.45) is 0 Å². The molecule has 0 radical (unpaired) electrons. The van der Waals surface area contributed by atoms with Gasteiger partial charge in [0.25, 0.3) is 0 Å². The number of carbonyl (C=O) groups is 1. The molecule has 1 saturated heterocycles. The third kappa shape index (κ3) is 6.20. The van der Waals surface area contributed by atoms with Crippen LogP contribution in [0.15, 0.2) is 0 Å². The van der Waals surface area contributed by atoms with Crippen molar-refractivity contribution in [3.63, 3.8) is 0 Å². The number of rotatable bonds is 3. The summed E-state index contributed by atoms with van der Waals surface area (Å²) in [6.45, 7) is 7.06. The molecule has 0 aliphatic carbocycles. The fourth-order valence-electron chi connectivity index (χ4n) is 1.51. The lowest BCUT2D eigenvalue weighted by Gasteiger charge is -2.26. The molecule has 0 atom stereocenters. The number of hydrogen-bond donors (Lipinski definition) is 0. The number of hydrogen-bond acceptors (Lipinski definition) is 6. The smallest absolute Gasteiger partial charge is 0.433 e. The Morgan fingerprint density at radius 1 is 1.22 bits per heavy atom. The van der Waals surface area contributed by atoms with Gasteiger partial charge in [-0.3, -0.25) is 4.90 Å². The largest absolute Gasteiger partial charge is 0.508 e. The third-order valence-electron chi connectivity index (χ3n) is 2.45. The second-order valence-electron chi connectivity index (χ2n) is 5.31. The van der Waals surface area contributed by atoms with E-state index in [9.17, 15) is 13.2 Å². The van der Waals surface area contributed by atoms with E-state index in [0.717, 1.165) is 0 Å². The molecule has 0 aromatic carbocycles.